The van der Waals surface area contributed by atoms with E-state index in [1.54, 1.807) is 0 Å². The van der Waals surface area contributed by atoms with Gasteiger partial charge in [-0.3, -0.25) is 0 Å². The molecule has 0 fully saturated rings. The number of furan rings is 1. The maximum atomic E-state index is 6.01. The quantitative estimate of drug-likeness (QED) is 0.0950. The van der Waals surface area contributed by atoms with Gasteiger partial charge in [-0.15, -0.1) is 11.3 Å². The van der Waals surface area contributed by atoms with Crippen molar-refractivity contribution < 1.29 is 4.42 Å². The molecule has 22 aromatic rings. The second-order valence-electron chi connectivity index (χ2n) is 31.0. The van der Waals surface area contributed by atoms with Gasteiger partial charge in [0.25, 0.3) is 0 Å². The average Bonchev–Trinajstić information content (AvgIpc) is 1.54. The van der Waals surface area contributed by atoms with Gasteiger partial charge >= 0.3 is 0 Å². The third-order valence-corrected chi connectivity index (χ3v) is 24.0. The van der Waals surface area contributed by atoms with Crippen molar-refractivity contribution >= 4 is 109 Å². The summed E-state index contributed by atoms with van der Waals surface area (Å²) >= 11 is 1.89. The van der Waals surface area contributed by atoms with Crippen LogP contribution in [0.3, 0.4) is 0 Å². The van der Waals surface area contributed by atoms with Crippen LogP contribution in [-0.2, 0) is 18.3 Å². The molecule has 0 radical (unpaired) electrons. The highest BCUT2D eigenvalue weighted by atomic mass is 32.1. The number of anilines is 6. The topological polar surface area (TPSA) is 75.0 Å². The third kappa shape index (κ3) is 17.5. The first-order chi connectivity index (χ1) is 61.4. The maximum absolute atomic E-state index is 6.01. The highest BCUT2D eigenvalue weighted by Gasteiger charge is 2.46. The van der Waals surface area contributed by atoms with Crippen molar-refractivity contribution in [1.29, 1.82) is 0 Å². The molecule has 124 heavy (non-hydrogen) atoms. The molecule has 19 aromatic carbocycles. The Labute approximate surface area is 727 Å². The van der Waals surface area contributed by atoms with E-state index in [-0.39, 0.29) is 5.41 Å². The number of nitrogens with zero attached hydrogens (tertiary/aromatic N) is 2. The lowest BCUT2D eigenvalue weighted by molar-refractivity contribution is 0.668. The fourth-order valence-electron chi connectivity index (χ4n) is 16.9. The summed E-state index contributed by atoms with van der Waals surface area (Å²) in [5.41, 5.74) is 27.0. The predicted molar refractivity (Wildman–Crippen MR) is 524 cm³/mol. The molecule has 0 atom stereocenters. The normalized spacial score (nSPS) is 11.5. The number of benzene rings is 19. The number of aromatic nitrogens is 2. The monoisotopic (exact) mass is 1610 g/mol. The van der Waals surface area contributed by atoms with Crippen molar-refractivity contribution in [1.82, 2.24) is 9.97 Å². The molecule has 23 rings (SSSR count). The smallest absolute Gasteiger partial charge is 0.159 e. The fourth-order valence-corrected chi connectivity index (χ4v) is 18.1. The van der Waals surface area contributed by atoms with E-state index in [0.29, 0.717) is 0 Å². The molecule has 0 aliphatic heterocycles. The third-order valence-electron chi connectivity index (χ3n) is 22.9. The van der Waals surface area contributed by atoms with Gasteiger partial charge in [-0.25, -0.2) is 9.97 Å². The summed E-state index contributed by atoms with van der Waals surface area (Å²) in [7, 11) is 0. The Morgan fingerprint density at radius 1 is 0.242 bits per heavy atom. The molecule has 0 amide bonds. The second-order valence-corrected chi connectivity index (χ2v) is 32.1. The number of hydrogen-bond acceptors (Lipinski definition) is 7. The van der Waals surface area contributed by atoms with Gasteiger partial charge in [0.2, 0.25) is 0 Å². The van der Waals surface area contributed by atoms with Crippen molar-refractivity contribution in [2.24, 2.45) is 0 Å². The summed E-state index contributed by atoms with van der Waals surface area (Å²) < 4.78 is 8.77. The molecular weight excluding hydrogens is 1520 g/mol. The molecule has 3 heterocycles. The average molecular weight is 1610 g/mol. The van der Waals surface area contributed by atoms with Crippen LogP contribution in [-0.4, -0.2) is 9.97 Å². The van der Waals surface area contributed by atoms with Crippen molar-refractivity contribution in [3.8, 4) is 44.8 Å². The Hall–Kier alpha value is -15.8. The van der Waals surface area contributed by atoms with Crippen molar-refractivity contribution in [3.63, 3.8) is 0 Å². The summed E-state index contributed by atoms with van der Waals surface area (Å²) in [5, 5.41) is 20.5. The van der Waals surface area contributed by atoms with E-state index in [1.165, 1.54) is 130 Å². The Balaban J connectivity index is 0.000000105. The standard InChI is InChI=1S/C37H27N.C25H18O.C20H15N3.C19H14S.C16H13N/c1-4-12-27(13-5-1)28-20-22-31(23-21-28)38-32-24-25-36-34(26-32)33-18-10-11-19-35(33)37(36,29-14-6-2-7-15-29)30-16-8-3-9-17-30;1-2-6-20(7-3-1)21-13-10-18(11-14-21)16-19-12-15-23-22-8-4-5-9-24(22)26-25(23)17-19;1-2-8-16(9-3-1)20-21-13-17(14-22-20)23-19-12-6-10-15-7-4-5-11-18(15)19;1-2-6-14(7-3-1)12-15-10-11-17-16-8-4-5-9-18(16)20-19(17)13-15;1-2-8-15(9-3-1)17-16-11-10-13-6-4-5-7-14(13)12-16/h1-26,38H;1-15,17H,16H2;1-14,23H;1-11,13H,12H2;1-12,17H. The molecule has 0 saturated heterocycles. The molecule has 6 nitrogen and oxygen atoms in total. The Morgan fingerprint density at radius 2 is 0.685 bits per heavy atom. The highest BCUT2D eigenvalue weighted by Crippen LogP contribution is 2.57. The van der Waals surface area contributed by atoms with Gasteiger partial charge in [0.1, 0.15) is 11.2 Å². The van der Waals surface area contributed by atoms with Crippen molar-refractivity contribution in [2.75, 3.05) is 16.0 Å². The van der Waals surface area contributed by atoms with Gasteiger partial charge in [-0.2, -0.15) is 0 Å². The molecule has 1 aliphatic rings. The number of fused-ring (bicyclic) bond motifs is 11. The van der Waals surface area contributed by atoms with E-state index in [4.69, 9.17) is 4.42 Å². The van der Waals surface area contributed by atoms with Gasteiger partial charge in [0.15, 0.2) is 5.82 Å². The van der Waals surface area contributed by atoms with Gasteiger partial charge in [0, 0.05) is 70.3 Å². The van der Waals surface area contributed by atoms with E-state index in [1.807, 2.05) is 109 Å². The number of para-hydroxylation sites is 2. The summed E-state index contributed by atoms with van der Waals surface area (Å²) in [5.74, 6) is 0.731. The first-order valence-electron chi connectivity index (χ1n) is 42.1. The molecule has 1 aliphatic carbocycles. The van der Waals surface area contributed by atoms with Crippen LogP contribution in [0.4, 0.5) is 34.1 Å². The van der Waals surface area contributed by atoms with Crippen LogP contribution in [0.5, 0.6) is 0 Å². The van der Waals surface area contributed by atoms with Crippen LogP contribution in [0.1, 0.15) is 44.5 Å². The van der Waals surface area contributed by atoms with E-state index in [2.05, 4.69) is 414 Å². The van der Waals surface area contributed by atoms with Crippen LogP contribution in [0.25, 0.3) is 108 Å². The lowest BCUT2D eigenvalue weighted by Crippen LogP contribution is -2.28. The minimum absolute atomic E-state index is 0.357. The molecule has 0 saturated carbocycles. The number of nitrogens with one attached hydrogen (secondary N) is 3. The summed E-state index contributed by atoms with van der Waals surface area (Å²) in [6.45, 7) is 0. The molecule has 3 aromatic heterocycles. The Bertz CT molecular complexity index is 7290. The first-order valence-corrected chi connectivity index (χ1v) is 42.9. The summed E-state index contributed by atoms with van der Waals surface area (Å²) in [6.07, 6.45) is 5.54. The van der Waals surface area contributed by atoms with Gasteiger partial charge < -0.3 is 20.4 Å². The summed E-state index contributed by atoms with van der Waals surface area (Å²) in [6, 6.07) is 166. The summed E-state index contributed by atoms with van der Waals surface area (Å²) in [4.78, 5) is 8.90. The van der Waals surface area contributed by atoms with Crippen LogP contribution in [0.2, 0.25) is 0 Å². The first kappa shape index (κ1) is 78.1. The molecular formula is C117H87N5OS. The van der Waals surface area contributed by atoms with Crippen molar-refractivity contribution in [2.45, 2.75) is 18.3 Å². The lowest BCUT2D eigenvalue weighted by Gasteiger charge is -2.33. The lowest BCUT2D eigenvalue weighted by atomic mass is 9.68. The van der Waals surface area contributed by atoms with Crippen LogP contribution >= 0.6 is 11.3 Å². The van der Waals surface area contributed by atoms with Crippen LogP contribution < -0.4 is 16.0 Å². The molecule has 0 unspecified atom stereocenters. The molecule has 7 heteroatoms. The van der Waals surface area contributed by atoms with Crippen LogP contribution in [0.15, 0.2) is 490 Å². The molecule has 3 N–H and O–H groups in total. The largest absolute Gasteiger partial charge is 0.456 e. The van der Waals surface area contributed by atoms with Crippen molar-refractivity contribution in [3.05, 3.63) is 530 Å². The van der Waals surface area contributed by atoms with Gasteiger partial charge in [-0.05, 0) is 186 Å². The minimum Gasteiger partial charge on any atom is -0.456 e. The minimum atomic E-state index is -0.357. The van der Waals surface area contributed by atoms with Gasteiger partial charge in [-0.1, -0.05) is 394 Å². The van der Waals surface area contributed by atoms with E-state index in [9.17, 15) is 0 Å². The fraction of sp³-hybridized carbons (Fsp3) is 0.0256. The highest BCUT2D eigenvalue weighted by molar-refractivity contribution is 7.25. The Morgan fingerprint density at radius 3 is 1.35 bits per heavy atom. The van der Waals surface area contributed by atoms with E-state index < -0.39 is 0 Å². The van der Waals surface area contributed by atoms with Crippen LogP contribution in [0, 0.1) is 0 Å². The van der Waals surface area contributed by atoms with E-state index >= 15 is 0 Å². The Kier molecular flexibility index (Phi) is 23.2. The SMILES string of the molecule is c1ccc(-c2ccc(Cc3ccc4c(c3)oc3ccccc34)cc2)cc1.c1ccc(-c2ccc(Nc3ccc4c(c3)-c3ccccc3C4(c3ccccc3)c3ccccc3)cc2)cc1.c1ccc(-c2ncc(Nc3cccc4ccccc34)cn2)cc1.c1ccc(Cc2ccc3c(c2)sc2ccccc23)cc1.c1ccc(Nc2ccc3ccccc3c2)cc1. The van der Waals surface area contributed by atoms with Gasteiger partial charge in [0.05, 0.1) is 23.5 Å². The molecule has 0 spiro atoms. The zero-order chi connectivity index (χ0) is 83.1. The van der Waals surface area contributed by atoms with E-state index in [0.717, 1.165) is 69.5 Å². The zero-order valence-electron chi connectivity index (χ0n) is 68.3. The molecule has 592 valence electrons. The zero-order valence-corrected chi connectivity index (χ0v) is 69.1. The maximum Gasteiger partial charge on any atom is 0.159 e. The molecule has 0 bridgehead atoms. The number of thiophene rings is 1. The number of hydrogen-bond donors (Lipinski definition) is 3. The second kappa shape index (κ2) is 36.8. The predicted octanol–water partition coefficient (Wildman–Crippen LogP) is 31.6. The number of rotatable bonds is 15.